The second-order valence-corrected chi connectivity index (χ2v) is 6.28. The summed E-state index contributed by atoms with van der Waals surface area (Å²) >= 11 is 6.18. The molecule has 1 aliphatic rings. The first-order valence-corrected chi connectivity index (χ1v) is 7.32. The van der Waals surface area contributed by atoms with E-state index in [0.29, 0.717) is 6.04 Å². The Morgan fingerprint density at radius 1 is 1.32 bits per heavy atom. The molecule has 0 spiro atoms. The smallest absolute Gasteiger partial charge is 0.0934 e. The Labute approximate surface area is 119 Å². The molecular weight excluding hydrogens is 256 g/mol. The highest BCUT2D eigenvalue weighted by Crippen LogP contribution is 2.37. The Morgan fingerprint density at radius 3 is 2.84 bits per heavy atom. The van der Waals surface area contributed by atoms with E-state index in [2.05, 4.69) is 30.2 Å². The molecule has 1 aromatic heterocycles. The Balaban J connectivity index is 1.82. The fourth-order valence-corrected chi connectivity index (χ4v) is 3.04. The Morgan fingerprint density at radius 2 is 2.11 bits per heavy atom. The van der Waals surface area contributed by atoms with Gasteiger partial charge < -0.3 is 5.32 Å². The first-order chi connectivity index (χ1) is 9.13. The molecule has 3 rings (SSSR count). The number of anilines is 1. The highest BCUT2D eigenvalue weighted by atomic mass is 35.5. The van der Waals surface area contributed by atoms with Crippen molar-refractivity contribution in [2.24, 2.45) is 11.8 Å². The van der Waals surface area contributed by atoms with Gasteiger partial charge in [0.25, 0.3) is 0 Å². The fourth-order valence-electron chi connectivity index (χ4n) is 2.81. The van der Waals surface area contributed by atoms with E-state index < -0.39 is 0 Å². The summed E-state index contributed by atoms with van der Waals surface area (Å²) in [6.07, 6.45) is 4.33. The summed E-state index contributed by atoms with van der Waals surface area (Å²) in [4.78, 5) is 4.47. The molecule has 1 saturated carbocycles. The van der Waals surface area contributed by atoms with Crippen LogP contribution in [0, 0.1) is 11.8 Å². The number of hydrogen-bond acceptors (Lipinski definition) is 2. The van der Waals surface area contributed by atoms with Crippen LogP contribution in [0.25, 0.3) is 10.9 Å². The van der Waals surface area contributed by atoms with Crippen LogP contribution in [0.2, 0.25) is 5.02 Å². The molecule has 2 nitrogen and oxygen atoms in total. The van der Waals surface area contributed by atoms with Crippen molar-refractivity contribution in [1.82, 2.24) is 4.98 Å². The third-order valence-corrected chi connectivity index (χ3v) is 4.36. The van der Waals surface area contributed by atoms with Gasteiger partial charge in [0, 0.05) is 22.6 Å². The highest BCUT2D eigenvalue weighted by Gasteiger charge is 2.31. The molecule has 1 heterocycles. The molecule has 100 valence electrons. The first kappa shape index (κ1) is 12.7. The van der Waals surface area contributed by atoms with Crippen molar-refractivity contribution >= 4 is 28.2 Å². The highest BCUT2D eigenvalue weighted by molar-refractivity contribution is 6.31. The first-order valence-electron chi connectivity index (χ1n) is 6.94. The SMILES string of the molecule is CC(C)C1CC(Nc2cc(Cl)cc3cccnc23)C1. The molecule has 3 heteroatoms. The zero-order chi connectivity index (χ0) is 13.4. The van der Waals surface area contributed by atoms with Crippen LogP contribution in [0.15, 0.2) is 30.5 Å². The molecule has 0 aliphatic heterocycles. The van der Waals surface area contributed by atoms with Crippen LogP contribution in [0.5, 0.6) is 0 Å². The zero-order valence-corrected chi connectivity index (χ0v) is 12.1. The van der Waals surface area contributed by atoms with Gasteiger partial charge in [-0.1, -0.05) is 31.5 Å². The van der Waals surface area contributed by atoms with E-state index >= 15 is 0 Å². The molecule has 1 aromatic carbocycles. The lowest BCUT2D eigenvalue weighted by atomic mass is 9.73. The molecule has 0 amide bonds. The van der Waals surface area contributed by atoms with Crippen molar-refractivity contribution in [2.75, 3.05) is 5.32 Å². The number of fused-ring (bicyclic) bond motifs is 1. The second kappa shape index (κ2) is 5.01. The van der Waals surface area contributed by atoms with Crippen LogP contribution in [0.1, 0.15) is 26.7 Å². The molecule has 0 atom stereocenters. The van der Waals surface area contributed by atoms with Crippen LogP contribution in [0.4, 0.5) is 5.69 Å². The van der Waals surface area contributed by atoms with Crippen molar-refractivity contribution in [3.05, 3.63) is 35.5 Å². The van der Waals surface area contributed by atoms with Crippen molar-refractivity contribution in [3.8, 4) is 0 Å². The average molecular weight is 275 g/mol. The number of hydrogen-bond donors (Lipinski definition) is 1. The Hall–Kier alpha value is -1.28. The topological polar surface area (TPSA) is 24.9 Å². The van der Waals surface area contributed by atoms with Crippen LogP contribution >= 0.6 is 11.6 Å². The van der Waals surface area contributed by atoms with Crippen LogP contribution in [-0.4, -0.2) is 11.0 Å². The molecule has 2 aromatic rings. The molecule has 1 aliphatic carbocycles. The maximum atomic E-state index is 6.18. The van der Waals surface area contributed by atoms with Crippen molar-refractivity contribution in [2.45, 2.75) is 32.7 Å². The van der Waals surface area contributed by atoms with Crippen molar-refractivity contribution < 1.29 is 0 Å². The largest absolute Gasteiger partial charge is 0.380 e. The van der Waals surface area contributed by atoms with E-state index in [-0.39, 0.29) is 0 Å². The lowest BCUT2D eigenvalue weighted by Crippen LogP contribution is -2.37. The quantitative estimate of drug-likeness (QED) is 0.875. The predicted octanol–water partition coefficient (Wildman–Crippen LogP) is 4.73. The number of nitrogens with zero attached hydrogens (tertiary/aromatic N) is 1. The second-order valence-electron chi connectivity index (χ2n) is 5.85. The summed E-state index contributed by atoms with van der Waals surface area (Å²) in [5.41, 5.74) is 2.08. The van der Waals surface area contributed by atoms with Crippen LogP contribution in [-0.2, 0) is 0 Å². The fraction of sp³-hybridized carbons (Fsp3) is 0.438. The number of halogens is 1. The van der Waals surface area contributed by atoms with Crippen molar-refractivity contribution in [3.63, 3.8) is 0 Å². The van der Waals surface area contributed by atoms with Crippen LogP contribution in [0.3, 0.4) is 0 Å². The molecule has 0 bridgehead atoms. The maximum Gasteiger partial charge on any atom is 0.0934 e. The lowest BCUT2D eigenvalue weighted by molar-refractivity contribution is 0.212. The summed E-state index contributed by atoms with van der Waals surface area (Å²) in [7, 11) is 0. The molecule has 1 N–H and O–H groups in total. The van der Waals surface area contributed by atoms with E-state index in [9.17, 15) is 0 Å². The third kappa shape index (κ3) is 2.55. The van der Waals surface area contributed by atoms with Gasteiger partial charge in [0.1, 0.15) is 0 Å². The Kier molecular flexibility index (Phi) is 3.36. The van der Waals surface area contributed by atoms with Crippen molar-refractivity contribution in [1.29, 1.82) is 0 Å². The number of nitrogens with one attached hydrogen (secondary N) is 1. The number of rotatable bonds is 3. The van der Waals surface area contributed by atoms with Gasteiger partial charge >= 0.3 is 0 Å². The molecule has 19 heavy (non-hydrogen) atoms. The van der Waals surface area contributed by atoms with E-state index in [1.165, 1.54) is 12.8 Å². The minimum Gasteiger partial charge on any atom is -0.380 e. The standard InChI is InChI=1S/C16H19ClN2/c1-10(2)12-7-14(8-12)19-15-9-13(17)6-11-4-3-5-18-16(11)15/h3-6,9-10,12,14,19H,7-8H2,1-2H3. The normalized spacial score (nSPS) is 22.5. The van der Waals surface area contributed by atoms with Gasteiger partial charge in [-0.2, -0.15) is 0 Å². The zero-order valence-electron chi connectivity index (χ0n) is 11.4. The minimum atomic E-state index is 0.566. The van der Waals surface area contributed by atoms with E-state index in [4.69, 9.17) is 11.6 Å². The summed E-state index contributed by atoms with van der Waals surface area (Å²) < 4.78 is 0. The van der Waals surface area contributed by atoms with Gasteiger partial charge in [-0.25, -0.2) is 0 Å². The molecular formula is C16H19ClN2. The summed E-state index contributed by atoms with van der Waals surface area (Å²) in [6, 6.07) is 8.51. The van der Waals surface area contributed by atoms with Gasteiger partial charge in [-0.15, -0.1) is 0 Å². The van der Waals surface area contributed by atoms with Gasteiger partial charge in [-0.05, 0) is 42.9 Å². The molecule has 0 radical (unpaired) electrons. The summed E-state index contributed by atoms with van der Waals surface area (Å²) in [6.45, 7) is 4.61. The number of benzene rings is 1. The average Bonchev–Trinajstić information content (AvgIpc) is 2.32. The van der Waals surface area contributed by atoms with E-state index in [1.54, 1.807) is 0 Å². The van der Waals surface area contributed by atoms with Gasteiger partial charge in [0.2, 0.25) is 0 Å². The van der Waals surface area contributed by atoms with Gasteiger partial charge in [-0.3, -0.25) is 4.98 Å². The maximum absolute atomic E-state index is 6.18. The van der Waals surface area contributed by atoms with Gasteiger partial charge in [0.15, 0.2) is 0 Å². The lowest BCUT2D eigenvalue weighted by Gasteiger charge is -2.39. The summed E-state index contributed by atoms with van der Waals surface area (Å²) in [5, 5.41) is 5.46. The number of pyridine rings is 1. The molecule has 1 fully saturated rings. The third-order valence-electron chi connectivity index (χ3n) is 4.15. The van der Waals surface area contributed by atoms with Crippen LogP contribution < -0.4 is 5.32 Å². The molecule has 0 saturated heterocycles. The summed E-state index contributed by atoms with van der Waals surface area (Å²) in [5.74, 6) is 1.64. The number of aromatic nitrogens is 1. The van der Waals surface area contributed by atoms with E-state index in [1.807, 2.05) is 24.4 Å². The Bertz CT molecular complexity index is 588. The van der Waals surface area contributed by atoms with E-state index in [0.717, 1.165) is 33.4 Å². The predicted molar refractivity (Wildman–Crippen MR) is 81.7 cm³/mol. The molecule has 0 unspecified atom stereocenters. The minimum absolute atomic E-state index is 0.566. The monoisotopic (exact) mass is 274 g/mol. The van der Waals surface area contributed by atoms with Gasteiger partial charge in [0.05, 0.1) is 11.2 Å².